The van der Waals surface area contributed by atoms with Gasteiger partial charge in [-0.3, -0.25) is 0 Å². The second-order valence-corrected chi connectivity index (χ2v) is 14.2. The van der Waals surface area contributed by atoms with Gasteiger partial charge in [-0.05, 0) is 95.2 Å². The molecule has 0 unspecified atom stereocenters. The molecule has 1 heterocycles. The maximum Gasteiger partial charge on any atom is 0.0973 e. The van der Waals surface area contributed by atoms with Gasteiger partial charge in [0, 0.05) is 50.8 Å². The minimum Gasteiger partial charge on any atom is -0.311 e. The Kier molecular flexibility index (Phi) is 9.18. The highest BCUT2D eigenvalue weighted by atomic mass is 15.2. The van der Waals surface area contributed by atoms with Crippen LogP contribution >= 0.6 is 0 Å². The van der Waals surface area contributed by atoms with Crippen molar-refractivity contribution in [2.45, 2.75) is 0 Å². The Balaban J connectivity index is 1.07. The lowest BCUT2D eigenvalue weighted by Gasteiger charge is -2.28. The number of anilines is 6. The van der Waals surface area contributed by atoms with Gasteiger partial charge in [-0.1, -0.05) is 152 Å². The number of hydrogen-bond donors (Lipinski definition) is 0. The first-order valence-electron chi connectivity index (χ1n) is 19.6. The van der Waals surface area contributed by atoms with Crippen molar-refractivity contribution in [1.82, 2.24) is 9.97 Å². The minimum absolute atomic E-state index is 0.843. The molecule has 10 aromatic rings. The molecule has 0 amide bonds. The van der Waals surface area contributed by atoms with E-state index in [9.17, 15) is 0 Å². The molecular formula is C54H38N4. The molecule has 0 aliphatic heterocycles. The molecule has 0 N–H and O–H groups in total. The maximum absolute atomic E-state index is 5.49. The van der Waals surface area contributed by atoms with Crippen LogP contribution in [0.4, 0.5) is 34.1 Å². The van der Waals surface area contributed by atoms with Crippen molar-refractivity contribution in [3.05, 3.63) is 231 Å². The van der Waals surface area contributed by atoms with Crippen LogP contribution in [0.1, 0.15) is 0 Å². The zero-order valence-electron chi connectivity index (χ0n) is 31.7. The van der Waals surface area contributed by atoms with Gasteiger partial charge in [-0.25, -0.2) is 9.97 Å². The minimum atomic E-state index is 0.843. The quantitative estimate of drug-likeness (QED) is 0.147. The molecule has 4 nitrogen and oxygen atoms in total. The van der Waals surface area contributed by atoms with Crippen LogP contribution < -0.4 is 9.80 Å². The van der Waals surface area contributed by atoms with Gasteiger partial charge in [0.1, 0.15) is 0 Å². The van der Waals surface area contributed by atoms with Crippen molar-refractivity contribution in [3.63, 3.8) is 0 Å². The zero-order valence-corrected chi connectivity index (χ0v) is 31.7. The summed E-state index contributed by atoms with van der Waals surface area (Å²) >= 11 is 0. The number of fused-ring (bicyclic) bond motifs is 2. The van der Waals surface area contributed by atoms with E-state index in [1.54, 1.807) is 0 Å². The molecule has 10 rings (SSSR count). The van der Waals surface area contributed by atoms with Crippen LogP contribution in [0, 0.1) is 0 Å². The lowest BCUT2D eigenvalue weighted by Crippen LogP contribution is -2.12. The van der Waals surface area contributed by atoms with Gasteiger partial charge in [0.25, 0.3) is 0 Å². The molecule has 0 bridgehead atoms. The molecule has 274 valence electrons. The van der Waals surface area contributed by atoms with E-state index >= 15 is 0 Å². The van der Waals surface area contributed by atoms with Crippen LogP contribution in [0.3, 0.4) is 0 Å². The molecule has 0 spiro atoms. The summed E-state index contributed by atoms with van der Waals surface area (Å²) in [5.74, 6) is 0. The number of aromatic nitrogens is 2. The van der Waals surface area contributed by atoms with Crippen LogP contribution in [0.25, 0.3) is 55.4 Å². The van der Waals surface area contributed by atoms with Gasteiger partial charge >= 0.3 is 0 Å². The summed E-state index contributed by atoms with van der Waals surface area (Å²) in [6.45, 7) is 0. The third-order valence-electron chi connectivity index (χ3n) is 10.6. The predicted molar refractivity (Wildman–Crippen MR) is 243 cm³/mol. The van der Waals surface area contributed by atoms with Crippen molar-refractivity contribution in [2.24, 2.45) is 0 Å². The van der Waals surface area contributed by atoms with Crippen LogP contribution in [0.2, 0.25) is 0 Å². The normalized spacial score (nSPS) is 11.1. The Hall–Kier alpha value is -7.82. The topological polar surface area (TPSA) is 32.3 Å². The van der Waals surface area contributed by atoms with E-state index in [0.29, 0.717) is 0 Å². The third kappa shape index (κ3) is 6.63. The number of para-hydroxylation sites is 4. The SMILES string of the molecule is c1ccc(-c2nc3cccc(-c4cccc5ccccc45)c3nc2-c2ccc(N(c3ccccc3)c3ccc(N(c4ccccc4)c4ccccc4)cc3)cc2)cc1. The Morgan fingerprint density at radius 3 is 1.24 bits per heavy atom. The van der Waals surface area contributed by atoms with Gasteiger partial charge in [-0.2, -0.15) is 0 Å². The van der Waals surface area contributed by atoms with Gasteiger partial charge in [0.15, 0.2) is 0 Å². The first kappa shape index (κ1) is 34.7. The summed E-state index contributed by atoms with van der Waals surface area (Å²) in [5, 5.41) is 2.39. The number of benzene rings is 9. The molecule has 58 heavy (non-hydrogen) atoms. The summed E-state index contributed by atoms with van der Waals surface area (Å²) in [5.41, 5.74) is 14.1. The molecule has 0 aliphatic rings. The van der Waals surface area contributed by atoms with Crippen molar-refractivity contribution < 1.29 is 0 Å². The molecule has 1 aromatic heterocycles. The Morgan fingerprint density at radius 2 is 0.672 bits per heavy atom. The van der Waals surface area contributed by atoms with E-state index in [1.165, 1.54) is 10.8 Å². The smallest absolute Gasteiger partial charge is 0.0973 e. The van der Waals surface area contributed by atoms with Crippen LogP contribution in [-0.2, 0) is 0 Å². The van der Waals surface area contributed by atoms with Crippen LogP contribution in [0.15, 0.2) is 231 Å². The number of nitrogens with zero attached hydrogens (tertiary/aromatic N) is 4. The Bertz CT molecular complexity index is 2920. The lowest BCUT2D eigenvalue weighted by atomic mass is 9.96. The first-order chi connectivity index (χ1) is 28.8. The maximum atomic E-state index is 5.49. The second kappa shape index (κ2) is 15.4. The van der Waals surface area contributed by atoms with Crippen molar-refractivity contribution in [1.29, 1.82) is 0 Å². The van der Waals surface area contributed by atoms with Gasteiger partial charge < -0.3 is 9.80 Å². The standard InChI is InChI=1S/C54H38N4/c1-5-18-40(19-6-1)52-53(56-54-50(29-16-30-51(54)55-52)49-28-15-20-39-17-13-14-27-48(39)49)41-31-33-45(34-32-41)58(44-25-11-4-12-26-44)47-37-35-46(36-38-47)57(42-21-7-2-8-22-42)43-23-9-3-10-24-43/h1-38H. The van der Waals surface area contributed by atoms with Crippen LogP contribution in [-0.4, -0.2) is 9.97 Å². The fourth-order valence-corrected chi connectivity index (χ4v) is 7.90. The number of hydrogen-bond acceptors (Lipinski definition) is 4. The zero-order chi connectivity index (χ0) is 38.7. The fraction of sp³-hybridized carbons (Fsp3) is 0. The van der Waals surface area contributed by atoms with Crippen molar-refractivity contribution >= 4 is 55.9 Å². The average molecular weight is 743 g/mol. The van der Waals surface area contributed by atoms with Crippen molar-refractivity contribution in [3.8, 4) is 33.6 Å². The van der Waals surface area contributed by atoms with Gasteiger partial charge in [0.2, 0.25) is 0 Å². The van der Waals surface area contributed by atoms with E-state index in [-0.39, 0.29) is 0 Å². The van der Waals surface area contributed by atoms with Crippen molar-refractivity contribution in [2.75, 3.05) is 9.80 Å². The van der Waals surface area contributed by atoms with Gasteiger partial charge in [-0.15, -0.1) is 0 Å². The van der Waals surface area contributed by atoms with E-state index in [4.69, 9.17) is 9.97 Å². The first-order valence-corrected chi connectivity index (χ1v) is 19.6. The number of rotatable bonds is 9. The molecule has 4 heteroatoms. The molecule has 0 saturated carbocycles. The summed E-state index contributed by atoms with van der Waals surface area (Å²) in [6.07, 6.45) is 0. The van der Waals surface area contributed by atoms with Gasteiger partial charge in [0.05, 0.1) is 22.4 Å². The average Bonchev–Trinajstić information content (AvgIpc) is 3.30. The molecule has 0 saturated heterocycles. The largest absolute Gasteiger partial charge is 0.311 e. The lowest BCUT2D eigenvalue weighted by molar-refractivity contribution is 1.25. The molecule has 0 atom stereocenters. The summed E-state index contributed by atoms with van der Waals surface area (Å²) in [4.78, 5) is 15.4. The third-order valence-corrected chi connectivity index (χ3v) is 10.6. The summed E-state index contributed by atoms with van der Waals surface area (Å²) in [6, 6.07) is 80.8. The van der Waals surface area contributed by atoms with E-state index in [0.717, 1.165) is 78.8 Å². The monoisotopic (exact) mass is 742 g/mol. The molecule has 0 aliphatic carbocycles. The van der Waals surface area contributed by atoms with E-state index in [1.807, 2.05) is 6.07 Å². The molecule has 9 aromatic carbocycles. The molecule has 0 radical (unpaired) electrons. The Morgan fingerprint density at radius 1 is 0.276 bits per heavy atom. The molecular weight excluding hydrogens is 705 g/mol. The fourth-order valence-electron chi connectivity index (χ4n) is 7.90. The summed E-state index contributed by atoms with van der Waals surface area (Å²) in [7, 11) is 0. The predicted octanol–water partition coefficient (Wildman–Crippen LogP) is 14.7. The second-order valence-electron chi connectivity index (χ2n) is 14.2. The van der Waals surface area contributed by atoms with Crippen LogP contribution in [0.5, 0.6) is 0 Å². The Labute approximate surface area is 338 Å². The highest BCUT2D eigenvalue weighted by Gasteiger charge is 2.19. The van der Waals surface area contributed by atoms with E-state index < -0.39 is 0 Å². The van der Waals surface area contributed by atoms with E-state index in [2.05, 4.69) is 234 Å². The summed E-state index contributed by atoms with van der Waals surface area (Å²) < 4.78 is 0. The molecule has 0 fully saturated rings. The highest BCUT2D eigenvalue weighted by molar-refractivity contribution is 6.04. The highest BCUT2D eigenvalue weighted by Crippen LogP contribution is 2.41.